The van der Waals surface area contributed by atoms with Gasteiger partial charge in [-0.25, -0.2) is 9.97 Å². The molecule has 1 atom stereocenters. The number of aryl methyl sites for hydroxylation is 1. The molecule has 0 unspecified atom stereocenters. The molecule has 0 spiro atoms. The van der Waals surface area contributed by atoms with Crippen LogP contribution in [0, 0.1) is 6.92 Å². The fourth-order valence-corrected chi connectivity index (χ4v) is 2.41. The van der Waals surface area contributed by atoms with Crippen molar-refractivity contribution in [3.05, 3.63) is 78.2 Å². The van der Waals surface area contributed by atoms with Crippen molar-refractivity contribution in [2.75, 3.05) is 5.32 Å². The molecular formula is C19H18N4O. The van der Waals surface area contributed by atoms with E-state index in [0.29, 0.717) is 11.5 Å². The molecule has 24 heavy (non-hydrogen) atoms. The molecule has 3 aromatic rings. The van der Waals surface area contributed by atoms with E-state index in [1.54, 1.807) is 6.20 Å². The molecule has 1 aromatic heterocycles. The SMILES string of the molecule is Cc1nccc(-c2cccc(NC(=O)[C@H](N)c3ccccc3)c2)n1. The summed E-state index contributed by atoms with van der Waals surface area (Å²) in [4.78, 5) is 20.8. The summed E-state index contributed by atoms with van der Waals surface area (Å²) in [6, 6.07) is 17.9. The predicted molar refractivity (Wildman–Crippen MR) is 94.2 cm³/mol. The van der Waals surface area contributed by atoms with Gasteiger partial charge < -0.3 is 11.1 Å². The summed E-state index contributed by atoms with van der Waals surface area (Å²) < 4.78 is 0. The van der Waals surface area contributed by atoms with Gasteiger partial charge in [0, 0.05) is 17.4 Å². The number of hydrogen-bond acceptors (Lipinski definition) is 4. The number of aromatic nitrogens is 2. The second-order valence-electron chi connectivity index (χ2n) is 5.45. The topological polar surface area (TPSA) is 80.9 Å². The highest BCUT2D eigenvalue weighted by Gasteiger charge is 2.15. The Morgan fingerprint density at radius 1 is 1.08 bits per heavy atom. The lowest BCUT2D eigenvalue weighted by atomic mass is 10.1. The number of rotatable bonds is 4. The lowest BCUT2D eigenvalue weighted by molar-refractivity contribution is -0.117. The third kappa shape index (κ3) is 3.64. The third-order valence-electron chi connectivity index (χ3n) is 3.64. The molecule has 2 aromatic carbocycles. The fraction of sp³-hybridized carbons (Fsp3) is 0.105. The molecule has 0 saturated carbocycles. The van der Waals surface area contributed by atoms with Gasteiger partial charge in [0.25, 0.3) is 0 Å². The quantitative estimate of drug-likeness (QED) is 0.774. The first kappa shape index (κ1) is 15.8. The molecule has 0 aliphatic rings. The average molecular weight is 318 g/mol. The van der Waals surface area contributed by atoms with Crippen LogP contribution in [0.3, 0.4) is 0 Å². The molecule has 0 fully saturated rings. The van der Waals surface area contributed by atoms with Crippen molar-refractivity contribution in [2.45, 2.75) is 13.0 Å². The molecule has 1 heterocycles. The largest absolute Gasteiger partial charge is 0.324 e. The Balaban J connectivity index is 1.78. The number of nitrogens with zero attached hydrogens (tertiary/aromatic N) is 2. The van der Waals surface area contributed by atoms with E-state index >= 15 is 0 Å². The molecular weight excluding hydrogens is 300 g/mol. The Morgan fingerprint density at radius 3 is 2.62 bits per heavy atom. The zero-order valence-electron chi connectivity index (χ0n) is 13.3. The number of nitrogens with one attached hydrogen (secondary N) is 1. The highest BCUT2D eigenvalue weighted by molar-refractivity contribution is 5.95. The van der Waals surface area contributed by atoms with Gasteiger partial charge >= 0.3 is 0 Å². The number of benzene rings is 2. The van der Waals surface area contributed by atoms with E-state index in [9.17, 15) is 4.79 Å². The van der Waals surface area contributed by atoms with Crippen molar-refractivity contribution in [1.82, 2.24) is 9.97 Å². The molecule has 0 bridgehead atoms. The molecule has 5 nitrogen and oxygen atoms in total. The van der Waals surface area contributed by atoms with Crippen molar-refractivity contribution in [3.8, 4) is 11.3 Å². The van der Waals surface area contributed by atoms with Crippen molar-refractivity contribution in [1.29, 1.82) is 0 Å². The van der Waals surface area contributed by atoms with Crippen molar-refractivity contribution < 1.29 is 4.79 Å². The maximum Gasteiger partial charge on any atom is 0.245 e. The Kier molecular flexibility index (Phi) is 4.63. The summed E-state index contributed by atoms with van der Waals surface area (Å²) in [5.74, 6) is 0.449. The maximum atomic E-state index is 12.4. The molecule has 0 saturated heterocycles. The summed E-state index contributed by atoms with van der Waals surface area (Å²) in [5.41, 5.74) is 9.20. The van der Waals surface area contributed by atoms with Gasteiger partial charge in [-0.3, -0.25) is 4.79 Å². The van der Waals surface area contributed by atoms with Gasteiger partial charge in [-0.1, -0.05) is 42.5 Å². The van der Waals surface area contributed by atoms with Gasteiger partial charge in [0.05, 0.1) is 5.69 Å². The number of nitrogens with two attached hydrogens (primary N) is 1. The van der Waals surface area contributed by atoms with Crippen LogP contribution in [-0.2, 0) is 4.79 Å². The van der Waals surface area contributed by atoms with E-state index in [1.165, 1.54) is 0 Å². The minimum absolute atomic E-state index is 0.253. The number of carbonyl (C=O) groups excluding carboxylic acids is 1. The molecule has 0 radical (unpaired) electrons. The Labute approximate surface area is 140 Å². The lowest BCUT2D eigenvalue weighted by Gasteiger charge is -2.13. The number of amides is 1. The highest BCUT2D eigenvalue weighted by atomic mass is 16.2. The van der Waals surface area contributed by atoms with Crippen LogP contribution in [0.5, 0.6) is 0 Å². The van der Waals surface area contributed by atoms with Crippen molar-refractivity contribution in [2.24, 2.45) is 5.73 Å². The zero-order valence-corrected chi connectivity index (χ0v) is 13.3. The Hall–Kier alpha value is -3.05. The van der Waals surface area contributed by atoms with E-state index in [1.807, 2.05) is 67.6 Å². The van der Waals surface area contributed by atoms with Crippen LogP contribution < -0.4 is 11.1 Å². The second-order valence-corrected chi connectivity index (χ2v) is 5.45. The van der Waals surface area contributed by atoms with Crippen LogP contribution in [0.1, 0.15) is 17.4 Å². The molecule has 0 aliphatic carbocycles. The number of hydrogen-bond donors (Lipinski definition) is 2. The number of anilines is 1. The Bertz CT molecular complexity index is 849. The summed E-state index contributed by atoms with van der Waals surface area (Å²) in [6.07, 6.45) is 1.72. The van der Waals surface area contributed by atoms with E-state index < -0.39 is 6.04 Å². The molecule has 5 heteroatoms. The fourth-order valence-electron chi connectivity index (χ4n) is 2.41. The first-order valence-corrected chi connectivity index (χ1v) is 7.65. The predicted octanol–water partition coefficient (Wildman–Crippen LogP) is 3.09. The van der Waals surface area contributed by atoms with Crippen LogP contribution in [0.4, 0.5) is 5.69 Å². The van der Waals surface area contributed by atoms with Gasteiger partial charge in [0.2, 0.25) is 5.91 Å². The van der Waals surface area contributed by atoms with Gasteiger partial charge in [0.1, 0.15) is 11.9 Å². The zero-order chi connectivity index (χ0) is 16.9. The van der Waals surface area contributed by atoms with Crippen LogP contribution in [0.2, 0.25) is 0 Å². The van der Waals surface area contributed by atoms with E-state index in [2.05, 4.69) is 15.3 Å². The van der Waals surface area contributed by atoms with Crippen molar-refractivity contribution in [3.63, 3.8) is 0 Å². The van der Waals surface area contributed by atoms with Gasteiger partial charge in [0.15, 0.2) is 0 Å². The monoisotopic (exact) mass is 318 g/mol. The van der Waals surface area contributed by atoms with Gasteiger partial charge in [-0.05, 0) is 30.7 Å². The van der Waals surface area contributed by atoms with E-state index in [0.717, 1.165) is 16.8 Å². The van der Waals surface area contributed by atoms with Crippen molar-refractivity contribution >= 4 is 11.6 Å². The number of carbonyl (C=O) groups is 1. The van der Waals surface area contributed by atoms with Crippen LogP contribution in [-0.4, -0.2) is 15.9 Å². The maximum absolute atomic E-state index is 12.4. The summed E-state index contributed by atoms with van der Waals surface area (Å²) in [5, 5.41) is 2.86. The van der Waals surface area contributed by atoms with E-state index in [4.69, 9.17) is 5.73 Å². The minimum Gasteiger partial charge on any atom is -0.324 e. The first-order chi connectivity index (χ1) is 11.6. The third-order valence-corrected chi connectivity index (χ3v) is 3.64. The normalized spacial score (nSPS) is 11.8. The standard InChI is InChI=1S/C19H18N4O/c1-13-21-11-10-17(22-13)15-8-5-9-16(12-15)23-19(24)18(20)14-6-3-2-4-7-14/h2-12,18H,20H2,1H3,(H,23,24)/t18-/m1/s1. The molecule has 3 N–H and O–H groups in total. The second kappa shape index (κ2) is 7.02. The van der Waals surface area contributed by atoms with Gasteiger partial charge in [-0.15, -0.1) is 0 Å². The first-order valence-electron chi connectivity index (χ1n) is 7.65. The molecule has 0 aliphatic heterocycles. The molecule has 120 valence electrons. The molecule has 1 amide bonds. The highest BCUT2D eigenvalue weighted by Crippen LogP contribution is 2.21. The summed E-state index contributed by atoms with van der Waals surface area (Å²) >= 11 is 0. The summed E-state index contributed by atoms with van der Waals surface area (Å²) in [6.45, 7) is 1.84. The lowest BCUT2D eigenvalue weighted by Crippen LogP contribution is -2.27. The smallest absolute Gasteiger partial charge is 0.245 e. The van der Waals surface area contributed by atoms with Gasteiger partial charge in [-0.2, -0.15) is 0 Å². The average Bonchev–Trinajstić information content (AvgIpc) is 2.62. The van der Waals surface area contributed by atoms with E-state index in [-0.39, 0.29) is 5.91 Å². The van der Waals surface area contributed by atoms with Crippen LogP contribution in [0.15, 0.2) is 66.9 Å². The minimum atomic E-state index is -0.712. The molecule has 3 rings (SSSR count). The van der Waals surface area contributed by atoms with Crippen LogP contribution in [0.25, 0.3) is 11.3 Å². The summed E-state index contributed by atoms with van der Waals surface area (Å²) in [7, 11) is 0. The van der Waals surface area contributed by atoms with Crippen LogP contribution >= 0.6 is 0 Å². The Morgan fingerprint density at radius 2 is 1.88 bits per heavy atom.